The maximum atomic E-state index is 10.5. The predicted molar refractivity (Wildman–Crippen MR) is 81.3 cm³/mol. The van der Waals surface area contributed by atoms with E-state index in [1.807, 2.05) is 20.9 Å². The highest BCUT2D eigenvalue weighted by atomic mass is 35.5. The summed E-state index contributed by atoms with van der Waals surface area (Å²) in [5, 5.41) is 18.8. The molecule has 6 heteroatoms. The lowest BCUT2D eigenvalue weighted by molar-refractivity contribution is 0.0492. The molecule has 2 N–H and O–H groups in total. The van der Waals surface area contributed by atoms with Crippen molar-refractivity contribution in [1.29, 1.82) is 0 Å². The first-order valence-electron chi connectivity index (χ1n) is 7.03. The van der Waals surface area contributed by atoms with E-state index in [0.717, 1.165) is 30.9 Å². The minimum atomic E-state index is -0.803. The molecule has 0 amide bonds. The van der Waals surface area contributed by atoms with E-state index in [2.05, 4.69) is 10.4 Å². The first-order chi connectivity index (χ1) is 9.41. The summed E-state index contributed by atoms with van der Waals surface area (Å²) in [6.45, 7) is 6.07. The standard InChI is InChI=1S/C14H26ClN3O2/c1-5-11-13(15)12(18(3)17-11)10-14(2,19)6-7-16-8-9-20-4/h16,19H,5-10H2,1-4H3. The van der Waals surface area contributed by atoms with Crippen LogP contribution in [-0.2, 0) is 24.6 Å². The van der Waals surface area contributed by atoms with Crippen LogP contribution in [0.1, 0.15) is 31.7 Å². The molecule has 1 rings (SSSR count). The van der Waals surface area contributed by atoms with Gasteiger partial charge in [-0.1, -0.05) is 18.5 Å². The maximum absolute atomic E-state index is 10.5. The zero-order valence-corrected chi connectivity index (χ0v) is 13.6. The molecule has 116 valence electrons. The van der Waals surface area contributed by atoms with Gasteiger partial charge >= 0.3 is 0 Å². The predicted octanol–water partition coefficient (Wildman–Crippen LogP) is 1.56. The molecule has 0 fully saturated rings. The fourth-order valence-corrected chi connectivity index (χ4v) is 2.48. The molecule has 0 aliphatic carbocycles. The van der Waals surface area contributed by atoms with Crippen molar-refractivity contribution in [3.8, 4) is 0 Å². The molecule has 0 spiro atoms. The molecule has 20 heavy (non-hydrogen) atoms. The van der Waals surface area contributed by atoms with Crippen molar-refractivity contribution in [2.75, 3.05) is 26.8 Å². The molecule has 0 aliphatic rings. The Labute approximate surface area is 126 Å². The largest absolute Gasteiger partial charge is 0.390 e. The Hall–Kier alpha value is -0.620. The fourth-order valence-electron chi connectivity index (χ4n) is 2.12. The number of methoxy groups -OCH3 is 1. The molecule has 0 radical (unpaired) electrons. The van der Waals surface area contributed by atoms with Crippen molar-refractivity contribution in [3.05, 3.63) is 16.4 Å². The summed E-state index contributed by atoms with van der Waals surface area (Å²) in [4.78, 5) is 0. The maximum Gasteiger partial charge on any atom is 0.0850 e. The third-order valence-corrected chi connectivity index (χ3v) is 3.81. The highest BCUT2D eigenvalue weighted by Crippen LogP contribution is 2.26. The van der Waals surface area contributed by atoms with Crippen molar-refractivity contribution in [2.45, 2.75) is 38.7 Å². The number of nitrogens with one attached hydrogen (secondary N) is 1. The smallest absolute Gasteiger partial charge is 0.0850 e. The second-order valence-electron chi connectivity index (χ2n) is 5.35. The SMILES string of the molecule is CCc1nn(C)c(CC(C)(O)CCNCCOC)c1Cl. The van der Waals surface area contributed by atoms with E-state index in [1.54, 1.807) is 11.8 Å². The summed E-state index contributed by atoms with van der Waals surface area (Å²) >= 11 is 6.31. The van der Waals surface area contributed by atoms with Gasteiger partial charge in [-0.05, 0) is 26.3 Å². The van der Waals surface area contributed by atoms with Gasteiger partial charge in [-0.3, -0.25) is 4.68 Å². The van der Waals surface area contributed by atoms with E-state index in [4.69, 9.17) is 16.3 Å². The number of hydrogen-bond acceptors (Lipinski definition) is 4. The lowest BCUT2D eigenvalue weighted by Crippen LogP contribution is -2.33. The number of ether oxygens (including phenoxy) is 1. The van der Waals surface area contributed by atoms with Crippen LogP contribution in [0.15, 0.2) is 0 Å². The molecule has 0 aliphatic heterocycles. The van der Waals surface area contributed by atoms with Crippen LogP contribution < -0.4 is 5.32 Å². The van der Waals surface area contributed by atoms with Gasteiger partial charge in [0.05, 0.1) is 28.6 Å². The Balaban J connectivity index is 2.55. The van der Waals surface area contributed by atoms with Gasteiger partial charge in [0.1, 0.15) is 0 Å². The van der Waals surface area contributed by atoms with E-state index >= 15 is 0 Å². The molecular weight excluding hydrogens is 278 g/mol. The number of aryl methyl sites for hydroxylation is 2. The summed E-state index contributed by atoms with van der Waals surface area (Å²) in [6.07, 6.45) is 1.95. The zero-order valence-electron chi connectivity index (χ0n) is 12.9. The minimum absolute atomic E-state index is 0.501. The molecule has 5 nitrogen and oxygen atoms in total. The van der Waals surface area contributed by atoms with Crippen LogP contribution in [-0.4, -0.2) is 47.3 Å². The van der Waals surface area contributed by atoms with Crippen molar-refractivity contribution < 1.29 is 9.84 Å². The van der Waals surface area contributed by atoms with Crippen LogP contribution in [0.25, 0.3) is 0 Å². The summed E-state index contributed by atoms with van der Waals surface area (Å²) in [5.41, 5.74) is 0.978. The van der Waals surface area contributed by atoms with Crippen LogP contribution in [0.4, 0.5) is 0 Å². The van der Waals surface area contributed by atoms with Crippen molar-refractivity contribution >= 4 is 11.6 Å². The van der Waals surface area contributed by atoms with Crippen LogP contribution in [0, 0.1) is 0 Å². The number of aromatic nitrogens is 2. The number of nitrogens with zero attached hydrogens (tertiary/aromatic N) is 2. The monoisotopic (exact) mass is 303 g/mol. The molecule has 1 heterocycles. The van der Waals surface area contributed by atoms with Crippen molar-refractivity contribution in [3.63, 3.8) is 0 Å². The zero-order chi connectivity index (χ0) is 15.2. The summed E-state index contributed by atoms with van der Waals surface area (Å²) < 4.78 is 6.73. The number of hydrogen-bond donors (Lipinski definition) is 2. The fraction of sp³-hybridized carbons (Fsp3) is 0.786. The second-order valence-corrected chi connectivity index (χ2v) is 5.73. The van der Waals surface area contributed by atoms with Gasteiger partial charge in [0.25, 0.3) is 0 Å². The summed E-state index contributed by atoms with van der Waals surface area (Å²) in [7, 11) is 3.54. The average Bonchev–Trinajstić information content (AvgIpc) is 2.65. The molecule has 1 aromatic heterocycles. The van der Waals surface area contributed by atoms with E-state index in [1.165, 1.54) is 0 Å². The lowest BCUT2D eigenvalue weighted by atomic mass is 9.96. The number of aliphatic hydroxyl groups is 1. The average molecular weight is 304 g/mol. The van der Waals surface area contributed by atoms with Crippen molar-refractivity contribution in [2.24, 2.45) is 7.05 Å². The third-order valence-electron chi connectivity index (χ3n) is 3.37. The number of halogens is 1. The molecule has 1 aromatic rings. The van der Waals surface area contributed by atoms with Crippen LogP contribution in [0.2, 0.25) is 5.02 Å². The highest BCUT2D eigenvalue weighted by Gasteiger charge is 2.25. The molecule has 1 atom stereocenters. The topological polar surface area (TPSA) is 59.3 Å². The summed E-state index contributed by atoms with van der Waals surface area (Å²) in [6, 6.07) is 0. The lowest BCUT2D eigenvalue weighted by Gasteiger charge is -2.23. The molecule has 1 unspecified atom stereocenters. The molecule has 0 saturated heterocycles. The minimum Gasteiger partial charge on any atom is -0.390 e. The van der Waals surface area contributed by atoms with E-state index in [0.29, 0.717) is 24.5 Å². The van der Waals surface area contributed by atoms with Gasteiger partial charge in [0.15, 0.2) is 0 Å². The Bertz CT molecular complexity index is 419. The van der Waals surface area contributed by atoms with Gasteiger partial charge in [-0.15, -0.1) is 0 Å². The van der Waals surface area contributed by atoms with Gasteiger partial charge in [0, 0.05) is 27.1 Å². The summed E-state index contributed by atoms with van der Waals surface area (Å²) in [5.74, 6) is 0. The quantitative estimate of drug-likeness (QED) is 0.680. The van der Waals surface area contributed by atoms with Crippen LogP contribution in [0.3, 0.4) is 0 Å². The van der Waals surface area contributed by atoms with Crippen LogP contribution >= 0.6 is 11.6 Å². The Morgan fingerprint density at radius 2 is 2.15 bits per heavy atom. The van der Waals surface area contributed by atoms with Gasteiger partial charge < -0.3 is 15.2 Å². The molecular formula is C14H26ClN3O2. The van der Waals surface area contributed by atoms with E-state index in [-0.39, 0.29) is 0 Å². The van der Waals surface area contributed by atoms with Crippen molar-refractivity contribution in [1.82, 2.24) is 15.1 Å². The Morgan fingerprint density at radius 3 is 2.70 bits per heavy atom. The number of rotatable bonds is 9. The Kier molecular flexibility index (Phi) is 6.95. The van der Waals surface area contributed by atoms with E-state index < -0.39 is 5.60 Å². The van der Waals surface area contributed by atoms with Gasteiger partial charge in [-0.25, -0.2) is 0 Å². The Morgan fingerprint density at radius 1 is 1.45 bits per heavy atom. The second kappa shape index (κ2) is 7.98. The highest BCUT2D eigenvalue weighted by molar-refractivity contribution is 6.31. The molecule has 0 bridgehead atoms. The van der Waals surface area contributed by atoms with Gasteiger partial charge in [0.2, 0.25) is 0 Å². The normalized spacial score (nSPS) is 14.5. The molecule has 0 aromatic carbocycles. The molecule has 0 saturated carbocycles. The van der Waals surface area contributed by atoms with Crippen LogP contribution in [0.5, 0.6) is 0 Å². The van der Waals surface area contributed by atoms with Gasteiger partial charge in [-0.2, -0.15) is 5.10 Å². The first-order valence-corrected chi connectivity index (χ1v) is 7.41. The first kappa shape index (κ1) is 17.4. The van der Waals surface area contributed by atoms with E-state index in [9.17, 15) is 5.11 Å². The third kappa shape index (κ3) is 5.05.